The molecule has 4 rings (SSSR count). The fourth-order valence-corrected chi connectivity index (χ4v) is 4.20. The van der Waals surface area contributed by atoms with Crippen LogP contribution in [-0.2, 0) is 36.8 Å². The largest absolute Gasteiger partial charge is 0.365 e. The number of carbonyl (C=O) groups excluding carboxylic acids is 4. The predicted molar refractivity (Wildman–Crippen MR) is 130 cm³/mol. The molecule has 0 saturated carbocycles. The normalized spacial score (nSPS) is 17.7. The van der Waals surface area contributed by atoms with Crippen molar-refractivity contribution in [3.8, 4) is 0 Å². The van der Waals surface area contributed by atoms with Crippen molar-refractivity contribution in [3.63, 3.8) is 0 Å². The zero-order valence-corrected chi connectivity index (χ0v) is 19.8. The Balaban J connectivity index is 1.27. The molecule has 0 spiro atoms. The summed E-state index contributed by atoms with van der Waals surface area (Å²) in [6, 6.07) is 15.6. The quantitative estimate of drug-likeness (QED) is 0.449. The molecule has 3 N–H and O–H groups in total. The van der Waals surface area contributed by atoms with Gasteiger partial charge in [-0.15, -0.1) is 0 Å². The van der Waals surface area contributed by atoms with E-state index >= 15 is 0 Å². The number of nitrogens with one attached hydrogen (secondary N) is 3. The molecular formula is C27H29N3O5. The van der Waals surface area contributed by atoms with Crippen LogP contribution in [0, 0.1) is 0 Å². The highest BCUT2D eigenvalue weighted by Crippen LogP contribution is 2.32. The van der Waals surface area contributed by atoms with Crippen molar-refractivity contribution in [2.75, 3.05) is 13.2 Å². The number of fused-ring (bicyclic) bond motifs is 1. The first-order valence-corrected chi connectivity index (χ1v) is 11.7. The third-order valence-corrected chi connectivity index (χ3v) is 6.29. The maximum atomic E-state index is 12.8. The monoisotopic (exact) mass is 475 g/mol. The lowest BCUT2D eigenvalue weighted by molar-refractivity contribution is -0.130. The summed E-state index contributed by atoms with van der Waals surface area (Å²) in [5.41, 5.74) is 4.57. The highest BCUT2D eigenvalue weighted by molar-refractivity contribution is 6.05. The van der Waals surface area contributed by atoms with E-state index in [-0.39, 0.29) is 18.2 Å². The highest BCUT2D eigenvalue weighted by Gasteiger charge is 2.37. The first-order valence-electron chi connectivity index (χ1n) is 11.7. The molecule has 0 radical (unpaired) electrons. The van der Waals surface area contributed by atoms with Gasteiger partial charge >= 0.3 is 0 Å². The lowest BCUT2D eigenvalue weighted by Crippen LogP contribution is -2.51. The summed E-state index contributed by atoms with van der Waals surface area (Å²) in [5, 5.41) is 7.95. The number of hydrogen-bond acceptors (Lipinski definition) is 5. The van der Waals surface area contributed by atoms with Crippen molar-refractivity contribution in [2.24, 2.45) is 0 Å². The molecule has 0 aromatic heterocycles. The first kappa shape index (κ1) is 24.3. The van der Waals surface area contributed by atoms with Gasteiger partial charge in [0.25, 0.3) is 0 Å². The molecule has 2 aliphatic rings. The standard InChI is InChI=1S/C27H29N3O5/c1-16-20-11-7-6-10-19(20)13-21(16)27(34)29-17(2)26(33)28-14-24(31)30-22(25(32)23-15-35-23)12-18-8-4-3-5-9-18/h3-11,17,22-23H,12-15H2,1-2H3,(H,28,33)(H,29,34)(H,30,31). The summed E-state index contributed by atoms with van der Waals surface area (Å²) in [5.74, 6) is -1.46. The summed E-state index contributed by atoms with van der Waals surface area (Å²) in [7, 11) is 0. The Hall–Kier alpha value is -3.78. The van der Waals surface area contributed by atoms with Gasteiger partial charge in [0, 0.05) is 12.0 Å². The molecule has 1 saturated heterocycles. The van der Waals surface area contributed by atoms with Gasteiger partial charge < -0.3 is 20.7 Å². The number of ketones is 1. The Morgan fingerprint density at radius 1 is 1.00 bits per heavy atom. The number of rotatable bonds is 10. The fraction of sp³-hybridized carbons (Fsp3) is 0.333. The number of benzene rings is 2. The lowest BCUT2D eigenvalue weighted by atomic mass is 10.0. The summed E-state index contributed by atoms with van der Waals surface area (Å²) in [6.07, 6.45) is 0.364. The SMILES string of the molecule is CC1=C(C(=O)NC(C)C(=O)NCC(=O)NC(Cc2ccccc2)C(=O)C2CO2)Cc2ccccc21. The van der Waals surface area contributed by atoms with Crippen molar-refractivity contribution in [1.82, 2.24) is 16.0 Å². The van der Waals surface area contributed by atoms with E-state index in [9.17, 15) is 19.2 Å². The van der Waals surface area contributed by atoms with E-state index < -0.39 is 30.0 Å². The second-order valence-corrected chi connectivity index (χ2v) is 8.88. The molecule has 8 heteroatoms. The third-order valence-electron chi connectivity index (χ3n) is 6.29. The van der Waals surface area contributed by atoms with Crippen molar-refractivity contribution in [2.45, 2.75) is 44.9 Å². The molecule has 3 atom stereocenters. The smallest absolute Gasteiger partial charge is 0.248 e. The van der Waals surface area contributed by atoms with Crippen LogP contribution in [0.3, 0.4) is 0 Å². The van der Waals surface area contributed by atoms with E-state index in [0.717, 1.165) is 22.3 Å². The molecule has 0 bridgehead atoms. The van der Waals surface area contributed by atoms with Crippen LogP contribution in [0.2, 0.25) is 0 Å². The molecule has 1 aliphatic carbocycles. The second kappa shape index (κ2) is 10.7. The second-order valence-electron chi connectivity index (χ2n) is 8.88. The van der Waals surface area contributed by atoms with E-state index in [0.29, 0.717) is 25.0 Å². The van der Waals surface area contributed by atoms with E-state index in [1.54, 1.807) is 6.92 Å². The molecule has 182 valence electrons. The van der Waals surface area contributed by atoms with Crippen LogP contribution < -0.4 is 16.0 Å². The van der Waals surface area contributed by atoms with Crippen molar-refractivity contribution in [3.05, 3.63) is 76.9 Å². The molecule has 8 nitrogen and oxygen atoms in total. The molecule has 1 aliphatic heterocycles. The van der Waals surface area contributed by atoms with Gasteiger partial charge in [-0.05, 0) is 42.5 Å². The number of epoxide rings is 1. The van der Waals surface area contributed by atoms with E-state index in [2.05, 4.69) is 16.0 Å². The average Bonchev–Trinajstić information content (AvgIpc) is 3.65. The summed E-state index contributed by atoms with van der Waals surface area (Å²) in [6.45, 7) is 3.51. The Morgan fingerprint density at radius 3 is 2.37 bits per heavy atom. The van der Waals surface area contributed by atoms with Gasteiger partial charge in [-0.1, -0.05) is 54.6 Å². The molecule has 2 aromatic carbocycles. The number of Topliss-reactive ketones (excluding diaryl/α,β-unsaturated/α-hetero) is 1. The number of ether oxygens (including phenoxy) is 1. The summed E-state index contributed by atoms with van der Waals surface area (Å²) in [4.78, 5) is 50.4. The molecule has 3 amide bonds. The van der Waals surface area contributed by atoms with Gasteiger partial charge in [0.05, 0.1) is 19.2 Å². The average molecular weight is 476 g/mol. The van der Waals surface area contributed by atoms with E-state index in [1.165, 1.54) is 0 Å². The van der Waals surface area contributed by atoms with Gasteiger partial charge in [0.1, 0.15) is 12.1 Å². The van der Waals surface area contributed by atoms with Gasteiger partial charge in [0.15, 0.2) is 5.78 Å². The molecule has 1 heterocycles. The summed E-state index contributed by atoms with van der Waals surface area (Å²) >= 11 is 0. The zero-order valence-electron chi connectivity index (χ0n) is 19.8. The Kier molecular flexibility index (Phi) is 7.41. The molecule has 35 heavy (non-hydrogen) atoms. The molecule has 2 aromatic rings. The van der Waals surface area contributed by atoms with Crippen molar-refractivity contribution >= 4 is 29.1 Å². The van der Waals surface area contributed by atoms with Crippen LogP contribution in [0.25, 0.3) is 5.57 Å². The van der Waals surface area contributed by atoms with Gasteiger partial charge in [-0.2, -0.15) is 0 Å². The third kappa shape index (κ3) is 6.02. The first-order chi connectivity index (χ1) is 16.8. The van der Waals surface area contributed by atoms with Gasteiger partial charge in [0.2, 0.25) is 17.7 Å². The Morgan fingerprint density at radius 2 is 1.69 bits per heavy atom. The number of carbonyl (C=O) groups is 4. The Bertz CT molecular complexity index is 1170. The van der Waals surface area contributed by atoms with Crippen LogP contribution in [0.5, 0.6) is 0 Å². The van der Waals surface area contributed by atoms with Crippen LogP contribution in [0.1, 0.15) is 30.5 Å². The van der Waals surface area contributed by atoms with E-state index in [1.807, 2.05) is 61.5 Å². The minimum atomic E-state index is -0.832. The highest BCUT2D eigenvalue weighted by atomic mass is 16.6. The van der Waals surface area contributed by atoms with Crippen LogP contribution >= 0.6 is 0 Å². The molecule has 1 fully saturated rings. The van der Waals surface area contributed by atoms with E-state index in [4.69, 9.17) is 4.74 Å². The maximum absolute atomic E-state index is 12.8. The van der Waals surface area contributed by atoms with Crippen LogP contribution in [0.15, 0.2) is 60.2 Å². The predicted octanol–water partition coefficient (Wildman–Crippen LogP) is 1.33. The van der Waals surface area contributed by atoms with Crippen molar-refractivity contribution in [1.29, 1.82) is 0 Å². The molecular weight excluding hydrogens is 446 g/mol. The number of hydrogen-bond donors (Lipinski definition) is 3. The zero-order chi connectivity index (χ0) is 24.9. The number of allylic oxidation sites excluding steroid dienone is 1. The van der Waals surface area contributed by atoms with Gasteiger partial charge in [-0.3, -0.25) is 19.2 Å². The van der Waals surface area contributed by atoms with Crippen molar-refractivity contribution < 1.29 is 23.9 Å². The molecule has 3 unspecified atom stereocenters. The topological polar surface area (TPSA) is 117 Å². The minimum absolute atomic E-state index is 0.185. The van der Waals surface area contributed by atoms with Gasteiger partial charge in [-0.25, -0.2) is 0 Å². The minimum Gasteiger partial charge on any atom is -0.365 e. The fourth-order valence-electron chi connectivity index (χ4n) is 4.20. The number of amides is 3. The summed E-state index contributed by atoms with van der Waals surface area (Å²) < 4.78 is 5.09. The maximum Gasteiger partial charge on any atom is 0.248 e. The Labute approximate surface area is 204 Å². The van der Waals surface area contributed by atoms with Crippen LogP contribution in [-0.4, -0.2) is 54.8 Å². The lowest BCUT2D eigenvalue weighted by Gasteiger charge is -2.18. The van der Waals surface area contributed by atoms with Crippen LogP contribution in [0.4, 0.5) is 0 Å².